The van der Waals surface area contributed by atoms with Gasteiger partial charge in [0.1, 0.15) is 17.2 Å². The van der Waals surface area contributed by atoms with Crippen molar-refractivity contribution in [3.8, 4) is 11.3 Å². The van der Waals surface area contributed by atoms with E-state index in [4.69, 9.17) is 0 Å². The third-order valence-corrected chi connectivity index (χ3v) is 6.34. The van der Waals surface area contributed by atoms with E-state index in [1.54, 1.807) is 21.7 Å². The molecule has 2 aromatic carbocycles. The molecule has 0 saturated carbocycles. The molecule has 5 aromatic rings. The first-order valence-corrected chi connectivity index (χ1v) is 11.5. The van der Waals surface area contributed by atoms with Gasteiger partial charge in [-0.05, 0) is 24.3 Å². The predicted octanol–water partition coefficient (Wildman–Crippen LogP) is 3.95. The average molecular weight is 509 g/mol. The minimum Gasteiger partial charge on any atom is -0.367 e. The van der Waals surface area contributed by atoms with Crippen LogP contribution in [0.4, 0.5) is 34.9 Å². The van der Waals surface area contributed by atoms with Crippen molar-refractivity contribution >= 4 is 33.9 Å². The van der Waals surface area contributed by atoms with Gasteiger partial charge < -0.3 is 24.9 Å². The lowest BCUT2D eigenvalue weighted by Crippen LogP contribution is -2.44. The van der Waals surface area contributed by atoms with Crippen LogP contribution >= 0.6 is 0 Å². The maximum atomic E-state index is 15.0. The highest BCUT2D eigenvalue weighted by molar-refractivity contribution is 5.87. The van der Waals surface area contributed by atoms with E-state index in [1.165, 1.54) is 24.3 Å². The Morgan fingerprint density at radius 1 is 0.973 bits per heavy atom. The fraction of sp³-hybridized carbons (Fsp3) is 0.160. The van der Waals surface area contributed by atoms with Crippen LogP contribution in [0.5, 0.6) is 0 Å². The van der Waals surface area contributed by atoms with Crippen LogP contribution in [0.2, 0.25) is 0 Å². The Bertz CT molecular complexity index is 1730. The molecule has 8 nitrogen and oxygen atoms in total. The molecule has 0 atom stereocenters. The molecular formula is C25H19F4N7O. The van der Waals surface area contributed by atoms with E-state index < -0.39 is 28.7 Å². The molecule has 3 N–H and O–H groups in total. The number of benzene rings is 2. The molecule has 1 aliphatic heterocycles. The fourth-order valence-corrected chi connectivity index (χ4v) is 4.56. The Labute approximate surface area is 206 Å². The number of aromatic amines is 1. The Morgan fingerprint density at radius 2 is 1.78 bits per heavy atom. The molecule has 3 aromatic heterocycles. The van der Waals surface area contributed by atoms with Crippen LogP contribution in [0.3, 0.4) is 0 Å². The van der Waals surface area contributed by atoms with Gasteiger partial charge in [0.05, 0.1) is 28.5 Å². The molecule has 1 fully saturated rings. The minimum absolute atomic E-state index is 0.0364. The lowest BCUT2D eigenvalue weighted by molar-refractivity contribution is 0.502. The van der Waals surface area contributed by atoms with Gasteiger partial charge in [-0.25, -0.2) is 27.5 Å². The topological polar surface area (TPSA) is 90.3 Å². The van der Waals surface area contributed by atoms with Gasteiger partial charge in [0.2, 0.25) is 5.95 Å². The van der Waals surface area contributed by atoms with Crippen molar-refractivity contribution in [2.24, 2.45) is 0 Å². The summed E-state index contributed by atoms with van der Waals surface area (Å²) >= 11 is 0. The molecule has 1 aliphatic rings. The van der Waals surface area contributed by atoms with Crippen LogP contribution in [0.25, 0.3) is 27.8 Å². The maximum absolute atomic E-state index is 15.0. The van der Waals surface area contributed by atoms with Crippen molar-refractivity contribution in [3.63, 3.8) is 0 Å². The first-order chi connectivity index (χ1) is 17.9. The minimum atomic E-state index is -1.13. The van der Waals surface area contributed by atoms with Gasteiger partial charge in [-0.1, -0.05) is 0 Å². The highest BCUT2D eigenvalue weighted by Gasteiger charge is 2.21. The maximum Gasteiger partial charge on any atom is 0.228 e. The first kappa shape index (κ1) is 23.0. The summed E-state index contributed by atoms with van der Waals surface area (Å²) in [5, 5.41) is 5.57. The zero-order valence-electron chi connectivity index (χ0n) is 19.2. The van der Waals surface area contributed by atoms with Crippen LogP contribution in [-0.2, 0) is 0 Å². The number of pyridine rings is 1. The normalized spacial score (nSPS) is 14.0. The van der Waals surface area contributed by atoms with Crippen molar-refractivity contribution in [1.82, 2.24) is 24.7 Å². The summed E-state index contributed by atoms with van der Waals surface area (Å²) in [5.41, 5.74) is -0.230. The van der Waals surface area contributed by atoms with Crippen LogP contribution in [0.1, 0.15) is 0 Å². The number of H-pyrrole nitrogens is 1. The summed E-state index contributed by atoms with van der Waals surface area (Å²) in [5.74, 6) is -4.08. The van der Waals surface area contributed by atoms with E-state index in [-0.39, 0.29) is 39.5 Å². The monoisotopic (exact) mass is 509 g/mol. The quantitative estimate of drug-likeness (QED) is 0.318. The Morgan fingerprint density at radius 3 is 2.59 bits per heavy atom. The number of nitrogens with one attached hydrogen (secondary N) is 3. The molecule has 0 amide bonds. The molecule has 12 heteroatoms. The van der Waals surface area contributed by atoms with Gasteiger partial charge in [-0.2, -0.15) is 0 Å². The lowest BCUT2D eigenvalue weighted by Gasteiger charge is -2.30. The van der Waals surface area contributed by atoms with Gasteiger partial charge in [-0.3, -0.25) is 4.79 Å². The molecule has 0 bridgehead atoms. The number of aromatic nitrogens is 4. The van der Waals surface area contributed by atoms with Crippen LogP contribution in [-0.4, -0.2) is 45.5 Å². The third kappa shape index (κ3) is 3.95. The van der Waals surface area contributed by atoms with E-state index in [9.17, 15) is 22.4 Å². The van der Waals surface area contributed by atoms with Gasteiger partial charge in [0, 0.05) is 50.2 Å². The smallest absolute Gasteiger partial charge is 0.228 e. The first-order valence-electron chi connectivity index (χ1n) is 11.5. The van der Waals surface area contributed by atoms with Gasteiger partial charge in [0.15, 0.2) is 22.9 Å². The van der Waals surface area contributed by atoms with E-state index in [1.807, 2.05) is 0 Å². The number of hydrogen-bond donors (Lipinski definition) is 3. The van der Waals surface area contributed by atoms with Crippen molar-refractivity contribution in [2.45, 2.75) is 0 Å². The van der Waals surface area contributed by atoms with Crippen LogP contribution in [0, 0.1) is 23.3 Å². The number of piperazine rings is 1. The van der Waals surface area contributed by atoms with E-state index in [2.05, 4.69) is 25.6 Å². The largest absolute Gasteiger partial charge is 0.367 e. The summed E-state index contributed by atoms with van der Waals surface area (Å²) in [6, 6.07) is 6.50. The molecule has 0 unspecified atom stereocenters. The zero-order chi connectivity index (χ0) is 25.7. The van der Waals surface area contributed by atoms with E-state index in [0.717, 1.165) is 12.3 Å². The standard InChI is InChI=1S/C25H19F4N7O/c26-14-9-13(10-18-21(14)19(37)11-20-31-5-8-36(18)20)24-15(27)12-32-25(34-24)33-16-1-2-17(23(29)22(16)28)35-6-3-30-4-7-35/h1-2,5,8-12,30-31H,3-4,6-7H2,(H,32,33,34). The van der Waals surface area contributed by atoms with Crippen molar-refractivity contribution in [1.29, 1.82) is 0 Å². The zero-order valence-corrected chi connectivity index (χ0v) is 19.2. The molecule has 1 saturated heterocycles. The van der Waals surface area contributed by atoms with Gasteiger partial charge in [0.25, 0.3) is 0 Å². The molecule has 0 radical (unpaired) electrons. The Kier molecular flexibility index (Phi) is 5.52. The molecule has 0 spiro atoms. The molecule has 4 heterocycles. The number of hydrogen-bond acceptors (Lipinski definition) is 6. The molecular weight excluding hydrogens is 490 g/mol. The SMILES string of the molecule is O=c1cc2[nH]ccn2c2cc(-c3nc(Nc4ccc(N5CCNCC5)c(F)c4F)ncc3F)cc(F)c12. The summed E-state index contributed by atoms with van der Waals surface area (Å²) in [6.07, 6.45) is 4.03. The summed E-state index contributed by atoms with van der Waals surface area (Å²) in [7, 11) is 0. The van der Waals surface area contributed by atoms with Crippen LogP contribution in [0.15, 0.2) is 53.7 Å². The molecule has 6 rings (SSSR count). The van der Waals surface area contributed by atoms with E-state index >= 15 is 0 Å². The highest BCUT2D eigenvalue weighted by Crippen LogP contribution is 2.31. The number of nitrogens with zero attached hydrogens (tertiary/aromatic N) is 4. The molecule has 37 heavy (non-hydrogen) atoms. The number of rotatable bonds is 4. The Balaban J connectivity index is 1.39. The fourth-order valence-electron chi connectivity index (χ4n) is 4.56. The van der Waals surface area contributed by atoms with Crippen molar-refractivity contribution in [2.75, 3.05) is 36.4 Å². The number of fused-ring (bicyclic) bond motifs is 3. The van der Waals surface area contributed by atoms with Gasteiger partial charge in [-0.15, -0.1) is 0 Å². The summed E-state index contributed by atoms with van der Waals surface area (Å²) in [4.78, 5) is 24.9. The van der Waals surface area contributed by atoms with E-state index in [0.29, 0.717) is 31.8 Å². The predicted molar refractivity (Wildman–Crippen MR) is 131 cm³/mol. The lowest BCUT2D eigenvalue weighted by atomic mass is 10.1. The number of halogens is 4. The summed E-state index contributed by atoms with van der Waals surface area (Å²) < 4.78 is 61.0. The number of anilines is 3. The summed E-state index contributed by atoms with van der Waals surface area (Å²) in [6.45, 7) is 2.40. The van der Waals surface area contributed by atoms with Crippen molar-refractivity contribution < 1.29 is 17.6 Å². The molecule has 188 valence electrons. The highest BCUT2D eigenvalue weighted by atomic mass is 19.2. The Hall–Kier alpha value is -4.45. The number of imidazole rings is 1. The van der Waals surface area contributed by atoms with Crippen molar-refractivity contribution in [3.05, 3.63) is 82.4 Å². The molecule has 0 aliphatic carbocycles. The van der Waals surface area contributed by atoms with Gasteiger partial charge >= 0.3 is 0 Å². The second-order valence-electron chi connectivity index (χ2n) is 8.59. The second-order valence-corrected chi connectivity index (χ2v) is 8.59. The average Bonchev–Trinajstić information content (AvgIpc) is 3.37. The van der Waals surface area contributed by atoms with Crippen LogP contribution < -0.4 is 21.0 Å². The second kappa shape index (κ2) is 8.89. The third-order valence-electron chi connectivity index (χ3n) is 6.34.